The van der Waals surface area contributed by atoms with Gasteiger partial charge in [-0.3, -0.25) is 9.59 Å². The van der Waals surface area contributed by atoms with Gasteiger partial charge in [0.25, 0.3) is 0 Å². The van der Waals surface area contributed by atoms with E-state index in [4.69, 9.17) is 22.1 Å². The Morgan fingerprint density at radius 3 is 2.26 bits per heavy atom. The molecule has 9 heteroatoms. The zero-order valence-corrected chi connectivity index (χ0v) is 27.3. The molecule has 0 radical (unpaired) electrons. The number of anilines is 1. The predicted octanol–water partition coefficient (Wildman–Crippen LogP) is 8.49. The first-order valence-electron chi connectivity index (χ1n) is 15.1. The van der Waals surface area contributed by atoms with Crippen molar-refractivity contribution in [2.75, 3.05) is 11.4 Å². The first-order chi connectivity index (χ1) is 22.4. The summed E-state index contributed by atoms with van der Waals surface area (Å²) >= 11 is 6.40. The molecule has 0 bridgehead atoms. The number of benzene rings is 5. The number of halogens is 3. The normalized spacial score (nSPS) is 10.5. The number of nitrogens with two attached hydrogens (primary N) is 1. The number of ether oxygens (including phenoxy) is 1. The molecule has 0 heterocycles. The Morgan fingerprint density at radius 2 is 1.51 bits per heavy atom. The minimum atomic E-state index is -0.396. The quantitative estimate of drug-likeness (QED) is 0.131. The second-order valence-corrected chi connectivity index (χ2v) is 11.2. The van der Waals surface area contributed by atoms with Gasteiger partial charge >= 0.3 is 0 Å². The van der Waals surface area contributed by atoms with Gasteiger partial charge in [-0.05, 0) is 65.6 Å². The first kappa shape index (κ1) is 35.2. The van der Waals surface area contributed by atoms with Crippen LogP contribution in [0.4, 0.5) is 10.1 Å². The Bertz CT molecular complexity index is 1790. The number of hydrogen-bond acceptors (Lipinski definition) is 4. The average molecular weight is 673 g/mol. The monoisotopic (exact) mass is 671 g/mol. The molecule has 0 aliphatic heterocycles. The fraction of sp³-hybridized carbons (Fsp3) is 0.158. The summed E-state index contributed by atoms with van der Waals surface area (Å²) in [4.78, 5) is 28.2. The van der Waals surface area contributed by atoms with Gasteiger partial charge in [0.15, 0.2) is 5.75 Å². The van der Waals surface area contributed by atoms with Crippen LogP contribution in [0.2, 0.25) is 5.02 Å². The van der Waals surface area contributed by atoms with E-state index in [1.807, 2.05) is 78.9 Å². The molecule has 0 aliphatic rings. The molecule has 6 nitrogen and oxygen atoms in total. The van der Waals surface area contributed by atoms with Crippen LogP contribution in [-0.2, 0) is 29.1 Å². The van der Waals surface area contributed by atoms with Crippen LogP contribution in [0, 0.1) is 5.82 Å². The number of amides is 2. The number of carbonyl (C=O) groups excluding carboxylic acids is 2. The highest BCUT2D eigenvalue weighted by Gasteiger charge is 2.22. The lowest BCUT2D eigenvalue weighted by Crippen LogP contribution is -2.32. The number of rotatable bonds is 13. The van der Waals surface area contributed by atoms with Crippen LogP contribution in [0.15, 0.2) is 121 Å². The summed E-state index contributed by atoms with van der Waals surface area (Å²) < 4.78 is 20.3. The average Bonchev–Trinajstić information content (AvgIpc) is 3.07. The van der Waals surface area contributed by atoms with Gasteiger partial charge in [0.1, 0.15) is 11.6 Å². The van der Waals surface area contributed by atoms with Gasteiger partial charge in [-0.1, -0.05) is 96.5 Å². The van der Waals surface area contributed by atoms with E-state index in [0.717, 1.165) is 22.3 Å². The van der Waals surface area contributed by atoms with Crippen molar-refractivity contribution in [1.29, 1.82) is 0 Å². The largest absolute Gasteiger partial charge is 0.455 e. The van der Waals surface area contributed by atoms with Crippen LogP contribution in [0.5, 0.6) is 11.5 Å². The molecule has 5 aromatic carbocycles. The molecule has 0 fully saturated rings. The maximum atomic E-state index is 14.0. The Morgan fingerprint density at radius 1 is 0.787 bits per heavy atom. The van der Waals surface area contributed by atoms with Crippen molar-refractivity contribution in [3.63, 3.8) is 0 Å². The minimum Gasteiger partial charge on any atom is -0.455 e. The summed E-state index contributed by atoms with van der Waals surface area (Å²) in [6.07, 6.45) is 0.559. The molecule has 0 saturated heterocycles. The van der Waals surface area contributed by atoms with Crippen LogP contribution in [-0.4, -0.2) is 18.4 Å². The van der Waals surface area contributed by atoms with Gasteiger partial charge in [0.05, 0.1) is 12.2 Å². The number of nitrogens with zero attached hydrogens (tertiary/aromatic N) is 1. The maximum Gasteiger partial charge on any atom is 0.227 e. The van der Waals surface area contributed by atoms with Gasteiger partial charge in [-0.15, -0.1) is 12.4 Å². The van der Waals surface area contributed by atoms with E-state index in [-0.39, 0.29) is 50.2 Å². The zero-order valence-electron chi connectivity index (χ0n) is 25.7. The Balaban J connectivity index is 0.00000500. The number of carbonyl (C=O) groups is 2. The Hall–Kier alpha value is -4.69. The minimum absolute atomic E-state index is 0. The van der Waals surface area contributed by atoms with Crippen LogP contribution in [0.25, 0.3) is 11.1 Å². The standard InChI is InChI=1S/C38H35ClFN3O3.ClH/c39-32-17-18-35(36(24-32)46-33-11-6-7-27(23-33)21-22-41)43(26-28-13-15-30(16-14-28)29-8-2-1-3-9-29)38(45)20-19-37(44)42-25-31-10-4-5-12-34(31)40;/h1-18,23-24H,19-22,25-26,41H2,(H,42,44);1H. The summed E-state index contributed by atoms with van der Waals surface area (Å²) in [5.74, 6) is -0.0466. The van der Waals surface area contributed by atoms with E-state index < -0.39 is 5.82 Å². The van der Waals surface area contributed by atoms with Gasteiger partial charge in [0.2, 0.25) is 11.8 Å². The maximum absolute atomic E-state index is 14.0. The molecule has 0 aliphatic carbocycles. The van der Waals surface area contributed by atoms with Crippen molar-refractivity contribution in [3.8, 4) is 22.6 Å². The Kier molecular flexibility index (Phi) is 12.9. The third-order valence-corrected chi connectivity index (χ3v) is 7.71. The van der Waals surface area contributed by atoms with Crippen molar-refractivity contribution in [2.24, 2.45) is 5.73 Å². The lowest BCUT2D eigenvalue weighted by molar-refractivity contribution is -0.125. The van der Waals surface area contributed by atoms with Crippen LogP contribution in [0.1, 0.15) is 29.5 Å². The lowest BCUT2D eigenvalue weighted by Gasteiger charge is -2.26. The second kappa shape index (κ2) is 17.3. The van der Waals surface area contributed by atoms with E-state index in [1.54, 1.807) is 41.3 Å². The van der Waals surface area contributed by atoms with Crippen LogP contribution < -0.4 is 20.7 Å². The van der Waals surface area contributed by atoms with Gasteiger partial charge in [0, 0.05) is 36.0 Å². The van der Waals surface area contributed by atoms with E-state index in [0.29, 0.717) is 40.7 Å². The molecule has 3 N–H and O–H groups in total. The lowest BCUT2D eigenvalue weighted by atomic mass is 10.0. The molecule has 0 aromatic heterocycles. The molecule has 0 saturated carbocycles. The van der Waals surface area contributed by atoms with Gasteiger partial charge in [-0.25, -0.2) is 4.39 Å². The summed E-state index contributed by atoms with van der Waals surface area (Å²) in [6, 6.07) is 37.0. The molecule has 5 rings (SSSR count). The smallest absolute Gasteiger partial charge is 0.227 e. The van der Waals surface area contributed by atoms with E-state index in [1.165, 1.54) is 6.07 Å². The van der Waals surface area contributed by atoms with Gasteiger partial charge < -0.3 is 20.7 Å². The molecular weight excluding hydrogens is 636 g/mol. The third kappa shape index (κ3) is 9.90. The van der Waals surface area contributed by atoms with E-state index >= 15 is 0 Å². The van der Waals surface area contributed by atoms with Crippen molar-refractivity contribution < 1.29 is 18.7 Å². The molecule has 0 spiro atoms. The second-order valence-electron chi connectivity index (χ2n) is 10.8. The van der Waals surface area contributed by atoms with Crippen LogP contribution in [0.3, 0.4) is 0 Å². The molecule has 0 atom stereocenters. The molecule has 0 unspecified atom stereocenters. The zero-order chi connectivity index (χ0) is 32.3. The van der Waals surface area contributed by atoms with Crippen LogP contribution >= 0.6 is 24.0 Å². The molecule has 47 heavy (non-hydrogen) atoms. The highest BCUT2D eigenvalue weighted by atomic mass is 35.5. The van der Waals surface area contributed by atoms with Crippen molar-refractivity contribution in [1.82, 2.24) is 5.32 Å². The van der Waals surface area contributed by atoms with Crippen molar-refractivity contribution in [2.45, 2.75) is 32.4 Å². The topological polar surface area (TPSA) is 84.7 Å². The highest BCUT2D eigenvalue weighted by molar-refractivity contribution is 6.30. The highest BCUT2D eigenvalue weighted by Crippen LogP contribution is 2.36. The number of nitrogens with one attached hydrogen (secondary N) is 1. The molecule has 242 valence electrons. The fourth-order valence-electron chi connectivity index (χ4n) is 5.05. The van der Waals surface area contributed by atoms with Gasteiger partial charge in [-0.2, -0.15) is 0 Å². The summed E-state index contributed by atoms with van der Waals surface area (Å²) in [7, 11) is 0. The SMILES string of the molecule is Cl.NCCc1cccc(Oc2cc(Cl)ccc2N(Cc2ccc(-c3ccccc3)cc2)C(=O)CCC(=O)NCc2ccccc2F)c1. The van der Waals surface area contributed by atoms with E-state index in [2.05, 4.69) is 5.32 Å². The van der Waals surface area contributed by atoms with E-state index in [9.17, 15) is 14.0 Å². The molecule has 5 aromatic rings. The van der Waals surface area contributed by atoms with Crippen molar-refractivity contribution >= 4 is 41.5 Å². The summed E-state index contributed by atoms with van der Waals surface area (Å²) in [6.45, 7) is 0.774. The molecular formula is C38H36Cl2FN3O3. The number of hydrogen-bond donors (Lipinski definition) is 2. The first-order valence-corrected chi connectivity index (χ1v) is 15.5. The summed E-state index contributed by atoms with van der Waals surface area (Å²) in [5.41, 5.74) is 10.7. The molecule has 2 amide bonds. The van der Waals surface area contributed by atoms with Crippen molar-refractivity contribution in [3.05, 3.63) is 149 Å². The third-order valence-electron chi connectivity index (χ3n) is 7.47. The fourth-order valence-corrected chi connectivity index (χ4v) is 5.22. The predicted molar refractivity (Wildman–Crippen MR) is 189 cm³/mol. The Labute approximate surface area is 285 Å². The summed E-state index contributed by atoms with van der Waals surface area (Å²) in [5, 5.41) is 3.16.